The van der Waals surface area contributed by atoms with Gasteiger partial charge in [0.05, 0.1) is 10.7 Å². The summed E-state index contributed by atoms with van der Waals surface area (Å²) in [6.45, 7) is 1.76. The molecule has 0 aliphatic carbocycles. The zero-order valence-electron chi connectivity index (χ0n) is 12.3. The van der Waals surface area contributed by atoms with Crippen molar-refractivity contribution in [3.8, 4) is 5.82 Å². The quantitative estimate of drug-likeness (QED) is 0.772. The van der Waals surface area contributed by atoms with Gasteiger partial charge >= 0.3 is 0 Å². The van der Waals surface area contributed by atoms with Crippen LogP contribution in [0.5, 0.6) is 0 Å². The molecule has 23 heavy (non-hydrogen) atoms. The topological polar surface area (TPSA) is 94.7 Å². The van der Waals surface area contributed by atoms with Gasteiger partial charge in [0.2, 0.25) is 0 Å². The predicted molar refractivity (Wildman–Crippen MR) is 85.1 cm³/mol. The van der Waals surface area contributed by atoms with E-state index < -0.39 is 10.0 Å². The van der Waals surface area contributed by atoms with Crippen LogP contribution in [0.2, 0.25) is 5.02 Å². The Kier molecular flexibility index (Phi) is 3.82. The first kappa shape index (κ1) is 15.5. The van der Waals surface area contributed by atoms with Crippen LogP contribution in [0.3, 0.4) is 0 Å². The van der Waals surface area contributed by atoms with Crippen LogP contribution >= 0.6 is 11.6 Å². The highest BCUT2D eigenvalue weighted by atomic mass is 35.5. The molecule has 2 aromatic heterocycles. The van der Waals surface area contributed by atoms with E-state index in [1.807, 2.05) is 0 Å². The van der Waals surface area contributed by atoms with E-state index in [1.165, 1.54) is 29.4 Å². The van der Waals surface area contributed by atoms with E-state index in [0.717, 1.165) is 0 Å². The van der Waals surface area contributed by atoms with E-state index in [1.54, 1.807) is 30.8 Å². The van der Waals surface area contributed by atoms with Crippen LogP contribution in [0, 0.1) is 6.92 Å². The number of sulfonamides is 1. The summed E-state index contributed by atoms with van der Waals surface area (Å²) in [6.07, 6.45) is 2.88. The monoisotopic (exact) mass is 352 g/mol. The summed E-state index contributed by atoms with van der Waals surface area (Å²) in [6, 6.07) is 6.23. The second kappa shape index (κ2) is 5.67. The molecule has 120 valence electrons. The van der Waals surface area contributed by atoms with Gasteiger partial charge in [0.1, 0.15) is 23.2 Å². The second-order valence-electron chi connectivity index (χ2n) is 4.81. The molecule has 3 aromatic rings. The predicted octanol–water partition coefficient (Wildman–Crippen LogP) is 1.76. The number of nitrogens with one attached hydrogen (secondary N) is 1. The van der Waals surface area contributed by atoms with Gasteiger partial charge in [-0.05, 0) is 19.1 Å². The first-order chi connectivity index (χ1) is 10.9. The lowest BCUT2D eigenvalue weighted by Crippen LogP contribution is -2.15. The fourth-order valence-corrected chi connectivity index (χ4v) is 3.69. The molecule has 1 N–H and O–H groups in total. The fourth-order valence-electron chi connectivity index (χ4n) is 2.05. The number of halogens is 1. The summed E-state index contributed by atoms with van der Waals surface area (Å²) in [5, 5.41) is 11.9. The van der Waals surface area contributed by atoms with Gasteiger partial charge < -0.3 is 0 Å². The molecule has 0 fully saturated rings. The van der Waals surface area contributed by atoms with Crippen LogP contribution in [0.1, 0.15) is 5.69 Å². The number of nitrogens with zero attached hydrogens (tertiary/aromatic N) is 5. The molecule has 8 nitrogen and oxygen atoms in total. The van der Waals surface area contributed by atoms with Crippen LogP contribution in [0.25, 0.3) is 5.82 Å². The van der Waals surface area contributed by atoms with Crippen molar-refractivity contribution in [3.63, 3.8) is 0 Å². The van der Waals surface area contributed by atoms with Gasteiger partial charge in [0, 0.05) is 7.05 Å². The van der Waals surface area contributed by atoms with Crippen molar-refractivity contribution in [1.29, 1.82) is 0 Å². The van der Waals surface area contributed by atoms with E-state index in [2.05, 4.69) is 20.0 Å². The van der Waals surface area contributed by atoms with Gasteiger partial charge in [-0.3, -0.25) is 14.0 Å². The maximum atomic E-state index is 12.6. The first-order valence-electron chi connectivity index (χ1n) is 6.56. The van der Waals surface area contributed by atoms with Crippen molar-refractivity contribution in [2.75, 3.05) is 4.72 Å². The Morgan fingerprint density at radius 2 is 1.83 bits per heavy atom. The average molecular weight is 353 g/mol. The summed E-state index contributed by atoms with van der Waals surface area (Å²) in [5.74, 6) is 0.380. The maximum absolute atomic E-state index is 12.6. The Bertz CT molecular complexity index is 949. The van der Waals surface area contributed by atoms with Crippen molar-refractivity contribution in [2.45, 2.75) is 11.8 Å². The molecule has 0 atom stereocenters. The Morgan fingerprint density at radius 1 is 1.17 bits per heavy atom. The van der Waals surface area contributed by atoms with Crippen molar-refractivity contribution < 1.29 is 8.42 Å². The third kappa shape index (κ3) is 2.80. The summed E-state index contributed by atoms with van der Waals surface area (Å²) < 4.78 is 30.9. The van der Waals surface area contributed by atoms with Crippen LogP contribution in [-0.2, 0) is 17.1 Å². The molecule has 2 heterocycles. The Labute approximate surface area is 137 Å². The van der Waals surface area contributed by atoms with Gasteiger partial charge in [-0.25, -0.2) is 8.42 Å². The number of anilines is 1. The SMILES string of the molecule is Cc1c(NS(=O)(=O)c2ccccc2Cl)c(-n2cnnc2)nn1C. The van der Waals surface area contributed by atoms with Crippen LogP contribution in [0.4, 0.5) is 5.69 Å². The van der Waals surface area contributed by atoms with Gasteiger partial charge in [0.15, 0.2) is 5.82 Å². The third-order valence-electron chi connectivity index (χ3n) is 3.34. The van der Waals surface area contributed by atoms with Gasteiger partial charge in [-0.2, -0.15) is 5.10 Å². The van der Waals surface area contributed by atoms with E-state index in [4.69, 9.17) is 11.6 Å². The van der Waals surface area contributed by atoms with Crippen molar-refractivity contribution in [2.24, 2.45) is 7.05 Å². The summed E-state index contributed by atoms with van der Waals surface area (Å²) in [7, 11) is -2.14. The maximum Gasteiger partial charge on any atom is 0.263 e. The second-order valence-corrected chi connectivity index (χ2v) is 6.87. The molecule has 0 unspecified atom stereocenters. The standard InChI is InChI=1S/C13H13ClN6O2S/c1-9-12(13(17-19(9)2)20-7-15-16-8-20)18-23(21,22)11-6-4-3-5-10(11)14/h3-8,18H,1-2H3. The molecule has 0 bridgehead atoms. The van der Waals surface area contributed by atoms with E-state index in [-0.39, 0.29) is 9.92 Å². The number of aryl methyl sites for hydroxylation is 1. The number of rotatable bonds is 4. The molecule has 10 heteroatoms. The minimum absolute atomic E-state index is 0.000346. The number of aromatic nitrogens is 5. The minimum Gasteiger partial charge on any atom is -0.274 e. The molecule has 3 rings (SSSR count). The Morgan fingerprint density at radius 3 is 2.48 bits per heavy atom. The summed E-state index contributed by atoms with van der Waals surface area (Å²) in [4.78, 5) is -0.000346. The highest BCUT2D eigenvalue weighted by Gasteiger charge is 2.23. The lowest BCUT2D eigenvalue weighted by atomic mass is 10.4. The molecule has 0 saturated heterocycles. The van der Waals surface area contributed by atoms with Gasteiger partial charge in [-0.15, -0.1) is 10.2 Å². The minimum atomic E-state index is -3.86. The molecule has 0 aliphatic heterocycles. The zero-order valence-corrected chi connectivity index (χ0v) is 13.9. The van der Waals surface area contributed by atoms with E-state index >= 15 is 0 Å². The normalized spacial score (nSPS) is 11.6. The smallest absolute Gasteiger partial charge is 0.263 e. The lowest BCUT2D eigenvalue weighted by Gasteiger charge is -2.10. The first-order valence-corrected chi connectivity index (χ1v) is 8.42. The molecule has 0 saturated carbocycles. The van der Waals surface area contributed by atoms with Gasteiger partial charge in [-0.1, -0.05) is 23.7 Å². The van der Waals surface area contributed by atoms with Crippen LogP contribution < -0.4 is 4.72 Å². The fraction of sp³-hybridized carbons (Fsp3) is 0.154. The molecular weight excluding hydrogens is 340 g/mol. The lowest BCUT2D eigenvalue weighted by molar-refractivity contribution is 0.601. The molecular formula is C13H13ClN6O2S. The highest BCUT2D eigenvalue weighted by Crippen LogP contribution is 2.28. The molecule has 1 aromatic carbocycles. The molecule has 0 aliphatic rings. The third-order valence-corrected chi connectivity index (χ3v) is 5.19. The molecule has 0 radical (unpaired) electrons. The van der Waals surface area contributed by atoms with Crippen LogP contribution in [0.15, 0.2) is 41.8 Å². The Balaban J connectivity index is 2.09. The van der Waals surface area contributed by atoms with E-state index in [9.17, 15) is 8.42 Å². The van der Waals surface area contributed by atoms with Crippen LogP contribution in [-0.4, -0.2) is 33.0 Å². The van der Waals surface area contributed by atoms with Crippen molar-refractivity contribution in [1.82, 2.24) is 24.5 Å². The average Bonchev–Trinajstić information content (AvgIpc) is 3.11. The number of hydrogen-bond acceptors (Lipinski definition) is 5. The zero-order chi connectivity index (χ0) is 16.6. The molecule has 0 amide bonds. The van der Waals surface area contributed by atoms with E-state index in [0.29, 0.717) is 17.2 Å². The van der Waals surface area contributed by atoms with Gasteiger partial charge in [0.25, 0.3) is 10.0 Å². The highest BCUT2D eigenvalue weighted by molar-refractivity contribution is 7.92. The number of benzene rings is 1. The molecule has 0 spiro atoms. The Hall–Kier alpha value is -2.39. The number of hydrogen-bond donors (Lipinski definition) is 1. The van der Waals surface area contributed by atoms with Crippen molar-refractivity contribution in [3.05, 3.63) is 47.6 Å². The summed E-state index contributed by atoms with van der Waals surface area (Å²) >= 11 is 5.99. The largest absolute Gasteiger partial charge is 0.274 e. The van der Waals surface area contributed by atoms with Crippen molar-refractivity contribution >= 4 is 27.3 Å². The summed E-state index contributed by atoms with van der Waals surface area (Å²) in [5.41, 5.74) is 0.983.